The average molecular weight is 501 g/mol. The molecule has 1 aromatic carbocycles. The van der Waals surface area contributed by atoms with Crippen LogP contribution in [0.1, 0.15) is 31.2 Å². The van der Waals surface area contributed by atoms with Crippen LogP contribution in [0.5, 0.6) is 0 Å². The van der Waals surface area contributed by atoms with Crippen molar-refractivity contribution in [1.82, 2.24) is 4.57 Å². The van der Waals surface area contributed by atoms with Gasteiger partial charge in [0.05, 0.1) is 28.8 Å². The number of imide groups is 1. The fourth-order valence-electron chi connectivity index (χ4n) is 4.25. The molecule has 0 aliphatic carbocycles. The topological polar surface area (TPSA) is 85.7 Å². The Morgan fingerprint density at radius 1 is 1.15 bits per heavy atom. The lowest BCUT2D eigenvalue weighted by atomic mass is 9.76. The van der Waals surface area contributed by atoms with Gasteiger partial charge in [0.2, 0.25) is 11.8 Å². The second-order valence-corrected chi connectivity index (χ2v) is 10.2. The first-order chi connectivity index (χ1) is 15.4. The molecule has 0 unspecified atom stereocenters. The minimum Gasteiger partial charge on any atom is -0.465 e. The maximum absolute atomic E-state index is 13.6. The standard InChI is InChI=1S/C21H19F3N2O5S2/c1-4-31-12(27)9-25-18-15(33-19(25)30)20(2,3)13-14(32-18)17(29)26(16(13)28)11-8-6-5-7-10(11)21(22,23)24/h5-8,13-14H,4,9H2,1-3H3/t13-,14+/m1/s1. The number of para-hydroxylation sites is 1. The Hall–Kier alpha value is -2.60. The van der Waals surface area contributed by atoms with E-state index in [1.807, 2.05) is 0 Å². The summed E-state index contributed by atoms with van der Waals surface area (Å²) in [5.41, 5.74) is -2.62. The van der Waals surface area contributed by atoms with Crippen LogP contribution in [-0.4, -0.2) is 34.2 Å². The third kappa shape index (κ3) is 3.68. The molecular formula is C21H19F3N2O5S2. The number of thioether (sulfide) groups is 1. The Morgan fingerprint density at radius 3 is 2.45 bits per heavy atom. The molecule has 33 heavy (non-hydrogen) atoms. The zero-order chi connectivity index (χ0) is 24.3. The summed E-state index contributed by atoms with van der Waals surface area (Å²) in [4.78, 5) is 52.0. The largest absolute Gasteiger partial charge is 0.465 e. The molecule has 176 valence electrons. The highest BCUT2D eigenvalue weighted by Gasteiger charge is 2.60. The first kappa shape index (κ1) is 23.6. The number of esters is 1. The van der Waals surface area contributed by atoms with E-state index < -0.39 is 56.7 Å². The van der Waals surface area contributed by atoms with Gasteiger partial charge in [-0.1, -0.05) is 49.1 Å². The monoisotopic (exact) mass is 500 g/mol. The number of anilines is 1. The first-order valence-electron chi connectivity index (χ1n) is 10.00. The van der Waals surface area contributed by atoms with Crippen LogP contribution in [0.15, 0.2) is 34.1 Å². The number of aromatic nitrogens is 1. The summed E-state index contributed by atoms with van der Waals surface area (Å²) in [7, 11) is 0. The van der Waals surface area contributed by atoms with Crippen molar-refractivity contribution < 1.29 is 32.3 Å². The van der Waals surface area contributed by atoms with E-state index in [4.69, 9.17) is 4.74 Å². The van der Waals surface area contributed by atoms with Crippen molar-refractivity contribution in [3.05, 3.63) is 44.4 Å². The van der Waals surface area contributed by atoms with Gasteiger partial charge in [-0.2, -0.15) is 13.2 Å². The van der Waals surface area contributed by atoms with Gasteiger partial charge in [-0.3, -0.25) is 23.7 Å². The average Bonchev–Trinajstić information content (AvgIpc) is 3.17. The van der Waals surface area contributed by atoms with Crippen molar-refractivity contribution in [2.24, 2.45) is 5.92 Å². The molecule has 2 aliphatic heterocycles. The van der Waals surface area contributed by atoms with Crippen LogP contribution in [0.4, 0.5) is 18.9 Å². The predicted octanol–water partition coefficient (Wildman–Crippen LogP) is 3.43. The van der Waals surface area contributed by atoms with Gasteiger partial charge in [0.15, 0.2) is 0 Å². The molecule has 0 saturated carbocycles. The molecule has 2 amide bonds. The number of benzene rings is 1. The Morgan fingerprint density at radius 2 is 1.82 bits per heavy atom. The zero-order valence-electron chi connectivity index (χ0n) is 17.8. The van der Waals surface area contributed by atoms with Gasteiger partial charge in [0.25, 0.3) is 0 Å². The molecule has 0 N–H and O–H groups in total. The van der Waals surface area contributed by atoms with E-state index in [-0.39, 0.29) is 13.2 Å². The maximum atomic E-state index is 13.6. The summed E-state index contributed by atoms with van der Waals surface area (Å²) in [6.07, 6.45) is -4.76. The highest BCUT2D eigenvalue weighted by Crippen LogP contribution is 2.55. The highest BCUT2D eigenvalue weighted by atomic mass is 32.2. The third-order valence-electron chi connectivity index (χ3n) is 5.75. The number of ether oxygens (including phenoxy) is 1. The normalized spacial score (nSPS) is 21.7. The molecule has 2 aliphatic rings. The van der Waals surface area contributed by atoms with Crippen LogP contribution in [0.3, 0.4) is 0 Å². The lowest BCUT2D eigenvalue weighted by Gasteiger charge is -2.36. The number of amides is 2. The molecule has 1 fully saturated rings. The number of halogens is 3. The van der Waals surface area contributed by atoms with Crippen molar-refractivity contribution in [2.75, 3.05) is 11.5 Å². The van der Waals surface area contributed by atoms with Gasteiger partial charge in [-0.15, -0.1) is 0 Å². The Kier molecular flexibility index (Phi) is 5.72. The lowest BCUT2D eigenvalue weighted by Crippen LogP contribution is -2.42. The van der Waals surface area contributed by atoms with E-state index in [1.54, 1.807) is 20.8 Å². The summed E-state index contributed by atoms with van der Waals surface area (Å²) >= 11 is 1.79. The third-order valence-corrected chi connectivity index (χ3v) is 8.57. The number of carbonyl (C=O) groups is 3. The SMILES string of the molecule is CCOC(=O)Cn1c2c(sc1=O)C(C)(C)[C@H]1C(=O)N(c3ccccc3C(F)(F)F)C(=O)[C@H]1S2. The van der Waals surface area contributed by atoms with E-state index >= 15 is 0 Å². The number of alkyl halides is 3. The highest BCUT2D eigenvalue weighted by molar-refractivity contribution is 8.00. The van der Waals surface area contributed by atoms with Gasteiger partial charge in [0, 0.05) is 10.3 Å². The molecule has 3 heterocycles. The molecule has 0 bridgehead atoms. The predicted molar refractivity (Wildman–Crippen MR) is 115 cm³/mol. The molecular weight excluding hydrogens is 481 g/mol. The number of fused-ring (bicyclic) bond motifs is 2. The Labute approximate surface area is 194 Å². The number of rotatable bonds is 4. The fraction of sp³-hybridized carbons (Fsp3) is 0.429. The van der Waals surface area contributed by atoms with E-state index in [2.05, 4.69) is 0 Å². The molecule has 2 aromatic rings. The minimum atomic E-state index is -4.76. The van der Waals surface area contributed by atoms with Crippen LogP contribution >= 0.6 is 23.1 Å². The van der Waals surface area contributed by atoms with Gasteiger partial charge in [-0.05, 0) is 19.1 Å². The lowest BCUT2D eigenvalue weighted by molar-refractivity contribution is -0.144. The van der Waals surface area contributed by atoms with Gasteiger partial charge < -0.3 is 4.74 Å². The molecule has 1 aromatic heterocycles. The first-order valence-corrected chi connectivity index (χ1v) is 11.7. The summed E-state index contributed by atoms with van der Waals surface area (Å²) in [6, 6.07) is 4.44. The van der Waals surface area contributed by atoms with Crippen LogP contribution in [0.2, 0.25) is 0 Å². The summed E-state index contributed by atoms with van der Waals surface area (Å²) in [5, 5.41) is -0.680. The Balaban J connectivity index is 1.79. The van der Waals surface area contributed by atoms with E-state index in [0.29, 0.717) is 14.8 Å². The van der Waals surface area contributed by atoms with Crippen LogP contribution < -0.4 is 9.77 Å². The smallest absolute Gasteiger partial charge is 0.418 e. The molecule has 12 heteroatoms. The van der Waals surface area contributed by atoms with Crippen LogP contribution in [-0.2, 0) is 37.3 Å². The van der Waals surface area contributed by atoms with Crippen molar-refractivity contribution in [1.29, 1.82) is 0 Å². The molecule has 0 radical (unpaired) electrons. The van der Waals surface area contributed by atoms with Crippen molar-refractivity contribution in [3.63, 3.8) is 0 Å². The molecule has 7 nitrogen and oxygen atoms in total. The molecule has 2 atom stereocenters. The number of carbonyl (C=O) groups excluding carboxylic acids is 3. The van der Waals surface area contributed by atoms with E-state index in [1.165, 1.54) is 16.7 Å². The molecule has 1 saturated heterocycles. The van der Waals surface area contributed by atoms with Crippen molar-refractivity contribution in [2.45, 2.75) is 49.2 Å². The quantitative estimate of drug-likeness (QED) is 0.472. The van der Waals surface area contributed by atoms with E-state index in [0.717, 1.165) is 35.2 Å². The fourth-order valence-corrected chi connectivity index (χ4v) is 7.29. The second kappa shape index (κ2) is 8.01. The summed E-state index contributed by atoms with van der Waals surface area (Å²) in [5.74, 6) is -3.14. The van der Waals surface area contributed by atoms with E-state index in [9.17, 15) is 32.3 Å². The van der Waals surface area contributed by atoms with Crippen molar-refractivity contribution >= 4 is 46.6 Å². The summed E-state index contributed by atoms with van der Waals surface area (Å²) < 4.78 is 46.9. The number of thiazole rings is 1. The number of nitrogens with zero attached hydrogens (tertiary/aromatic N) is 2. The van der Waals surface area contributed by atoms with Gasteiger partial charge in [0.1, 0.15) is 11.8 Å². The minimum absolute atomic E-state index is 0.129. The summed E-state index contributed by atoms with van der Waals surface area (Å²) in [6.45, 7) is 4.75. The van der Waals surface area contributed by atoms with Gasteiger partial charge in [-0.25, -0.2) is 4.90 Å². The second-order valence-electron chi connectivity index (χ2n) is 8.16. The maximum Gasteiger partial charge on any atom is 0.418 e. The van der Waals surface area contributed by atoms with Crippen LogP contribution in [0, 0.1) is 5.92 Å². The van der Waals surface area contributed by atoms with Crippen molar-refractivity contribution in [3.8, 4) is 0 Å². The number of hydrogen-bond donors (Lipinski definition) is 0. The zero-order valence-corrected chi connectivity index (χ0v) is 19.4. The van der Waals surface area contributed by atoms with Gasteiger partial charge >= 0.3 is 17.0 Å². The number of hydrogen-bond acceptors (Lipinski definition) is 7. The molecule has 0 spiro atoms. The Bertz CT molecular complexity index is 1220. The molecule has 4 rings (SSSR count). The van der Waals surface area contributed by atoms with Crippen LogP contribution in [0.25, 0.3) is 0 Å².